The molecular weight excluding hydrogens is 158 g/mol. The molecule has 0 radical (unpaired) electrons. The summed E-state index contributed by atoms with van der Waals surface area (Å²) in [5, 5.41) is 18.2. The highest BCUT2D eigenvalue weighted by molar-refractivity contribution is 5.76. The first-order valence-corrected chi connectivity index (χ1v) is 4.03. The van der Waals surface area contributed by atoms with Crippen LogP contribution in [0.15, 0.2) is 0 Å². The molecule has 0 spiro atoms. The summed E-state index contributed by atoms with van der Waals surface area (Å²) in [6.07, 6.45) is 0.516. The molecule has 0 aromatic heterocycles. The molecule has 0 aliphatic rings. The highest BCUT2D eigenvalue weighted by Gasteiger charge is 2.33. The summed E-state index contributed by atoms with van der Waals surface area (Å²) >= 11 is 0. The number of aliphatic hydroxyl groups is 1. The van der Waals surface area contributed by atoms with Gasteiger partial charge in [0.2, 0.25) is 0 Å². The van der Waals surface area contributed by atoms with Crippen LogP contribution in [0.5, 0.6) is 0 Å². The topological polar surface area (TPSA) is 60.8 Å². The molecule has 0 bridgehead atoms. The predicted octanol–water partition coefficient (Wildman–Crippen LogP) is 0.164. The standard InChI is InChI=1S/C8H17NO3/c1-4-8(12,7(10)11)5-6-9(2)3/h12H,4-6H2,1-3H3,(H,10,11). The lowest BCUT2D eigenvalue weighted by Gasteiger charge is -2.23. The molecule has 0 rings (SSSR count). The van der Waals surface area contributed by atoms with Crippen molar-refractivity contribution in [2.45, 2.75) is 25.4 Å². The quantitative estimate of drug-likeness (QED) is 0.625. The van der Waals surface area contributed by atoms with Gasteiger partial charge in [-0.3, -0.25) is 0 Å². The number of carbonyl (C=O) groups is 1. The van der Waals surface area contributed by atoms with Crippen LogP contribution in [-0.4, -0.2) is 47.3 Å². The molecule has 0 heterocycles. The smallest absolute Gasteiger partial charge is 0.335 e. The van der Waals surface area contributed by atoms with Gasteiger partial charge in [-0.25, -0.2) is 4.79 Å². The van der Waals surface area contributed by atoms with Crippen LogP contribution in [0.4, 0.5) is 0 Å². The number of hydrogen-bond acceptors (Lipinski definition) is 3. The van der Waals surface area contributed by atoms with E-state index in [9.17, 15) is 9.90 Å². The third-order valence-electron chi connectivity index (χ3n) is 1.96. The van der Waals surface area contributed by atoms with Gasteiger partial charge in [-0.15, -0.1) is 0 Å². The molecule has 0 aliphatic heterocycles. The van der Waals surface area contributed by atoms with Crippen molar-refractivity contribution in [3.63, 3.8) is 0 Å². The Morgan fingerprint density at radius 2 is 2.00 bits per heavy atom. The number of hydrogen-bond donors (Lipinski definition) is 2. The van der Waals surface area contributed by atoms with E-state index in [4.69, 9.17) is 5.11 Å². The first-order chi connectivity index (χ1) is 5.42. The van der Waals surface area contributed by atoms with Crippen LogP contribution < -0.4 is 0 Å². The number of aliphatic carboxylic acids is 1. The zero-order valence-corrected chi connectivity index (χ0v) is 7.87. The first-order valence-electron chi connectivity index (χ1n) is 4.03. The molecule has 1 unspecified atom stereocenters. The van der Waals surface area contributed by atoms with Crippen molar-refractivity contribution in [3.05, 3.63) is 0 Å². The van der Waals surface area contributed by atoms with E-state index in [0.717, 1.165) is 0 Å². The number of carboxylic acids is 1. The molecule has 0 saturated heterocycles. The van der Waals surface area contributed by atoms with Gasteiger partial charge in [-0.2, -0.15) is 0 Å². The average molecular weight is 175 g/mol. The molecule has 4 heteroatoms. The molecule has 0 aliphatic carbocycles. The molecule has 0 aromatic carbocycles. The van der Waals surface area contributed by atoms with Crippen LogP contribution in [0.2, 0.25) is 0 Å². The summed E-state index contributed by atoms with van der Waals surface area (Å²) in [6.45, 7) is 2.25. The minimum absolute atomic E-state index is 0.246. The summed E-state index contributed by atoms with van der Waals surface area (Å²) in [5.74, 6) is -1.13. The average Bonchev–Trinajstić information content (AvgIpc) is 1.99. The van der Waals surface area contributed by atoms with Crippen LogP contribution in [-0.2, 0) is 4.79 Å². The summed E-state index contributed by atoms with van der Waals surface area (Å²) in [7, 11) is 3.69. The zero-order valence-electron chi connectivity index (χ0n) is 7.87. The number of carboxylic acid groups (broad SMARTS) is 1. The Hall–Kier alpha value is -0.610. The Bertz CT molecular complexity index is 158. The van der Waals surface area contributed by atoms with Crippen LogP contribution in [0.25, 0.3) is 0 Å². The minimum Gasteiger partial charge on any atom is -0.479 e. The predicted molar refractivity (Wildman–Crippen MR) is 46.0 cm³/mol. The van der Waals surface area contributed by atoms with Crippen molar-refractivity contribution in [2.24, 2.45) is 0 Å². The monoisotopic (exact) mass is 175 g/mol. The lowest BCUT2D eigenvalue weighted by Crippen LogP contribution is -2.40. The molecule has 12 heavy (non-hydrogen) atoms. The Labute approximate surface area is 72.8 Å². The Balaban J connectivity index is 4.06. The summed E-state index contributed by atoms with van der Waals surface area (Å²) in [5.41, 5.74) is -1.55. The van der Waals surface area contributed by atoms with Gasteiger partial charge in [0.1, 0.15) is 0 Å². The van der Waals surface area contributed by atoms with Crippen LogP contribution in [0, 0.1) is 0 Å². The largest absolute Gasteiger partial charge is 0.479 e. The van der Waals surface area contributed by atoms with Gasteiger partial charge in [0, 0.05) is 6.54 Å². The van der Waals surface area contributed by atoms with E-state index in [1.807, 2.05) is 19.0 Å². The molecule has 4 nitrogen and oxygen atoms in total. The van der Waals surface area contributed by atoms with E-state index >= 15 is 0 Å². The molecule has 72 valence electrons. The second-order valence-corrected chi connectivity index (χ2v) is 3.24. The van der Waals surface area contributed by atoms with Gasteiger partial charge in [-0.05, 0) is 26.9 Å². The summed E-state index contributed by atoms with van der Waals surface area (Å²) in [6, 6.07) is 0. The van der Waals surface area contributed by atoms with E-state index in [1.165, 1.54) is 0 Å². The molecule has 0 fully saturated rings. The van der Waals surface area contributed by atoms with Gasteiger partial charge < -0.3 is 15.1 Å². The molecular formula is C8H17NO3. The van der Waals surface area contributed by atoms with Crippen molar-refractivity contribution in [3.8, 4) is 0 Å². The highest BCUT2D eigenvalue weighted by atomic mass is 16.4. The molecule has 0 saturated carbocycles. The van der Waals surface area contributed by atoms with E-state index in [-0.39, 0.29) is 12.8 Å². The number of rotatable bonds is 5. The second kappa shape index (κ2) is 4.42. The van der Waals surface area contributed by atoms with Gasteiger partial charge in [0.25, 0.3) is 0 Å². The van der Waals surface area contributed by atoms with Crippen molar-refractivity contribution in [2.75, 3.05) is 20.6 Å². The lowest BCUT2D eigenvalue weighted by atomic mass is 9.97. The maximum absolute atomic E-state index is 10.6. The highest BCUT2D eigenvalue weighted by Crippen LogP contribution is 2.15. The maximum atomic E-state index is 10.6. The molecule has 0 aromatic rings. The fourth-order valence-corrected chi connectivity index (χ4v) is 0.844. The Morgan fingerprint density at radius 3 is 2.25 bits per heavy atom. The van der Waals surface area contributed by atoms with Gasteiger partial charge in [0.05, 0.1) is 0 Å². The lowest BCUT2D eigenvalue weighted by molar-refractivity contribution is -0.159. The van der Waals surface area contributed by atoms with Crippen LogP contribution in [0.1, 0.15) is 19.8 Å². The van der Waals surface area contributed by atoms with Gasteiger partial charge in [0.15, 0.2) is 5.60 Å². The SMILES string of the molecule is CCC(O)(CCN(C)C)C(=O)O. The normalized spacial score (nSPS) is 16.1. The van der Waals surface area contributed by atoms with E-state index < -0.39 is 11.6 Å². The maximum Gasteiger partial charge on any atom is 0.335 e. The van der Waals surface area contributed by atoms with Crippen LogP contribution >= 0.6 is 0 Å². The summed E-state index contributed by atoms with van der Waals surface area (Å²) in [4.78, 5) is 12.4. The minimum atomic E-state index is -1.55. The number of nitrogens with zero attached hydrogens (tertiary/aromatic N) is 1. The van der Waals surface area contributed by atoms with Crippen molar-refractivity contribution in [1.29, 1.82) is 0 Å². The second-order valence-electron chi connectivity index (χ2n) is 3.24. The third-order valence-corrected chi connectivity index (χ3v) is 1.96. The zero-order chi connectivity index (χ0) is 9.78. The first kappa shape index (κ1) is 11.4. The van der Waals surface area contributed by atoms with E-state index in [2.05, 4.69) is 0 Å². The van der Waals surface area contributed by atoms with Crippen molar-refractivity contribution in [1.82, 2.24) is 4.90 Å². The summed E-state index contributed by atoms with van der Waals surface area (Å²) < 4.78 is 0. The van der Waals surface area contributed by atoms with Crippen LogP contribution in [0.3, 0.4) is 0 Å². The molecule has 1 atom stereocenters. The van der Waals surface area contributed by atoms with E-state index in [1.54, 1.807) is 6.92 Å². The Morgan fingerprint density at radius 1 is 1.50 bits per heavy atom. The molecule has 0 amide bonds. The van der Waals surface area contributed by atoms with Gasteiger partial charge in [-0.1, -0.05) is 6.92 Å². The fourth-order valence-electron chi connectivity index (χ4n) is 0.844. The third kappa shape index (κ3) is 3.19. The van der Waals surface area contributed by atoms with Crippen molar-refractivity contribution >= 4 is 5.97 Å². The fraction of sp³-hybridized carbons (Fsp3) is 0.875. The van der Waals surface area contributed by atoms with E-state index in [0.29, 0.717) is 6.54 Å². The Kier molecular flexibility index (Phi) is 4.20. The molecule has 2 N–H and O–H groups in total. The van der Waals surface area contributed by atoms with Crippen molar-refractivity contribution < 1.29 is 15.0 Å². The van der Waals surface area contributed by atoms with Gasteiger partial charge >= 0.3 is 5.97 Å².